The predicted octanol–water partition coefficient (Wildman–Crippen LogP) is 5.52. The van der Waals surface area contributed by atoms with Crippen LogP contribution in [0.1, 0.15) is 57.4 Å². The molecule has 1 amide bonds. The largest absolute Gasteiger partial charge is 0.326 e. The maximum Gasteiger partial charge on any atom is 0.227 e. The summed E-state index contributed by atoms with van der Waals surface area (Å²) in [5.41, 5.74) is 2.09. The minimum Gasteiger partial charge on any atom is -0.326 e. The molecule has 116 valence electrons. The Balaban J connectivity index is 1.85. The molecule has 0 spiro atoms. The number of carbonyl (C=O) groups excluding carboxylic acids is 1. The molecule has 2 nitrogen and oxygen atoms in total. The van der Waals surface area contributed by atoms with Gasteiger partial charge in [-0.05, 0) is 43.2 Å². The Hall–Kier alpha value is -0.830. The van der Waals surface area contributed by atoms with Crippen LogP contribution in [-0.4, -0.2) is 5.91 Å². The van der Waals surface area contributed by atoms with Gasteiger partial charge in [-0.25, -0.2) is 0 Å². The number of rotatable bonds is 6. The summed E-state index contributed by atoms with van der Waals surface area (Å²) in [4.78, 5) is 12.4. The number of anilines is 1. The van der Waals surface area contributed by atoms with E-state index in [0.29, 0.717) is 0 Å². The second-order valence-corrected chi connectivity index (χ2v) is 6.70. The van der Waals surface area contributed by atoms with E-state index in [1.165, 1.54) is 32.1 Å². The molecule has 0 bridgehead atoms. The highest BCUT2D eigenvalue weighted by Gasteiger charge is 2.26. The van der Waals surface area contributed by atoms with Crippen LogP contribution in [0.3, 0.4) is 0 Å². The first kappa shape index (κ1) is 16.5. The topological polar surface area (TPSA) is 29.1 Å². The number of benzene rings is 1. The monoisotopic (exact) mass is 351 g/mol. The van der Waals surface area contributed by atoms with Gasteiger partial charge in [0.2, 0.25) is 5.91 Å². The van der Waals surface area contributed by atoms with Gasteiger partial charge in [0.25, 0.3) is 0 Å². The fraction of sp³-hybridized carbons (Fsp3) is 0.611. The molecular weight excluding hydrogens is 326 g/mol. The maximum atomic E-state index is 12.4. The van der Waals surface area contributed by atoms with Gasteiger partial charge >= 0.3 is 0 Å². The quantitative estimate of drug-likeness (QED) is 0.672. The molecule has 1 aromatic rings. The van der Waals surface area contributed by atoms with Crippen LogP contribution in [0.4, 0.5) is 5.69 Å². The number of nitrogens with one attached hydrogen (secondary N) is 1. The van der Waals surface area contributed by atoms with Gasteiger partial charge in [0.15, 0.2) is 0 Å². The Bertz CT molecular complexity index is 452. The summed E-state index contributed by atoms with van der Waals surface area (Å²) in [6, 6.07) is 8.02. The molecule has 0 atom stereocenters. The van der Waals surface area contributed by atoms with Crippen molar-refractivity contribution in [1.82, 2.24) is 0 Å². The summed E-state index contributed by atoms with van der Waals surface area (Å²) >= 11 is 3.47. The highest BCUT2D eigenvalue weighted by molar-refractivity contribution is 9.08. The number of amides is 1. The normalized spacial score (nSPS) is 22.0. The van der Waals surface area contributed by atoms with Crippen LogP contribution in [0.2, 0.25) is 0 Å². The van der Waals surface area contributed by atoms with Crippen LogP contribution in [-0.2, 0) is 10.1 Å². The first-order valence-electron chi connectivity index (χ1n) is 8.19. The standard InChI is InChI=1S/C18H26BrNO/c1-2-3-6-14-9-11-15(12-10-14)18(21)20-17-8-5-4-7-16(17)13-19/h4-5,7-8,14-15H,2-3,6,9-13H2,1H3,(H,20,21). The van der Waals surface area contributed by atoms with E-state index in [9.17, 15) is 4.79 Å². The lowest BCUT2D eigenvalue weighted by Gasteiger charge is -2.28. The molecule has 1 saturated carbocycles. The molecule has 1 aliphatic carbocycles. The number of hydrogen-bond acceptors (Lipinski definition) is 1. The summed E-state index contributed by atoms with van der Waals surface area (Å²) in [6.45, 7) is 2.25. The first-order valence-corrected chi connectivity index (χ1v) is 9.31. The van der Waals surface area contributed by atoms with Gasteiger partial charge in [0.05, 0.1) is 0 Å². The average Bonchev–Trinajstić information content (AvgIpc) is 2.54. The van der Waals surface area contributed by atoms with Crippen LogP contribution in [0.25, 0.3) is 0 Å². The molecule has 0 unspecified atom stereocenters. The number of carbonyl (C=O) groups is 1. The molecule has 1 fully saturated rings. The van der Waals surface area contributed by atoms with E-state index in [4.69, 9.17) is 0 Å². The lowest BCUT2D eigenvalue weighted by atomic mass is 9.79. The third-order valence-corrected chi connectivity index (χ3v) is 5.21. The van der Waals surface area contributed by atoms with E-state index >= 15 is 0 Å². The van der Waals surface area contributed by atoms with Crippen molar-refractivity contribution in [2.45, 2.75) is 57.2 Å². The van der Waals surface area contributed by atoms with Gasteiger partial charge in [-0.2, -0.15) is 0 Å². The molecule has 1 N–H and O–H groups in total. The van der Waals surface area contributed by atoms with E-state index < -0.39 is 0 Å². The number of hydrogen-bond donors (Lipinski definition) is 1. The summed E-state index contributed by atoms with van der Waals surface area (Å²) in [5.74, 6) is 1.26. The Morgan fingerprint density at radius 3 is 2.62 bits per heavy atom. The minimum atomic E-state index is 0.200. The van der Waals surface area contributed by atoms with Gasteiger partial charge in [0.1, 0.15) is 0 Å². The number of halogens is 1. The highest BCUT2D eigenvalue weighted by atomic mass is 79.9. The predicted molar refractivity (Wildman–Crippen MR) is 92.7 cm³/mol. The van der Waals surface area contributed by atoms with Crippen molar-refractivity contribution in [2.75, 3.05) is 5.32 Å². The van der Waals surface area contributed by atoms with E-state index in [2.05, 4.69) is 28.2 Å². The molecule has 21 heavy (non-hydrogen) atoms. The van der Waals surface area contributed by atoms with Gasteiger partial charge < -0.3 is 5.32 Å². The van der Waals surface area contributed by atoms with Crippen molar-refractivity contribution < 1.29 is 4.79 Å². The van der Waals surface area contributed by atoms with E-state index in [0.717, 1.165) is 35.3 Å². The molecular formula is C18H26BrNO. The third-order valence-electron chi connectivity index (χ3n) is 4.60. The van der Waals surface area contributed by atoms with Crippen molar-refractivity contribution >= 4 is 27.5 Å². The van der Waals surface area contributed by atoms with Gasteiger partial charge in [-0.3, -0.25) is 4.79 Å². The van der Waals surface area contributed by atoms with Crippen LogP contribution in [0.15, 0.2) is 24.3 Å². The van der Waals surface area contributed by atoms with Gasteiger partial charge in [-0.15, -0.1) is 0 Å². The highest BCUT2D eigenvalue weighted by Crippen LogP contribution is 2.32. The summed E-state index contributed by atoms with van der Waals surface area (Å²) in [7, 11) is 0. The SMILES string of the molecule is CCCCC1CCC(C(=O)Nc2ccccc2CBr)CC1. The fourth-order valence-corrected chi connectivity index (χ4v) is 3.69. The minimum absolute atomic E-state index is 0.200. The maximum absolute atomic E-state index is 12.4. The molecule has 0 heterocycles. The average molecular weight is 352 g/mol. The molecule has 1 aliphatic rings. The van der Waals surface area contributed by atoms with E-state index in [-0.39, 0.29) is 11.8 Å². The van der Waals surface area contributed by atoms with E-state index in [1.807, 2.05) is 24.3 Å². The third kappa shape index (κ3) is 4.84. The lowest BCUT2D eigenvalue weighted by molar-refractivity contribution is -0.121. The molecule has 0 radical (unpaired) electrons. The van der Waals surface area contributed by atoms with Crippen LogP contribution < -0.4 is 5.32 Å². The summed E-state index contributed by atoms with van der Waals surface area (Å²) in [6.07, 6.45) is 8.50. The van der Waals surface area contributed by atoms with Gasteiger partial charge in [-0.1, -0.05) is 60.3 Å². The number of alkyl halides is 1. The Kier molecular flexibility index (Phi) is 6.75. The number of para-hydroxylation sites is 1. The zero-order chi connectivity index (χ0) is 15.1. The van der Waals surface area contributed by atoms with Crippen LogP contribution in [0.5, 0.6) is 0 Å². The van der Waals surface area contributed by atoms with Crippen molar-refractivity contribution in [3.8, 4) is 0 Å². The van der Waals surface area contributed by atoms with Crippen molar-refractivity contribution in [3.05, 3.63) is 29.8 Å². The fourth-order valence-electron chi connectivity index (χ4n) is 3.20. The second kappa shape index (κ2) is 8.57. The van der Waals surface area contributed by atoms with Crippen molar-refractivity contribution in [2.24, 2.45) is 11.8 Å². The Morgan fingerprint density at radius 2 is 1.95 bits per heavy atom. The van der Waals surface area contributed by atoms with Crippen molar-refractivity contribution in [3.63, 3.8) is 0 Å². The van der Waals surface area contributed by atoms with Crippen LogP contribution >= 0.6 is 15.9 Å². The first-order chi connectivity index (χ1) is 10.2. The molecule has 0 saturated heterocycles. The summed E-state index contributed by atoms with van der Waals surface area (Å²) in [5, 5.41) is 3.89. The number of unbranched alkanes of at least 4 members (excludes halogenated alkanes) is 1. The van der Waals surface area contributed by atoms with Crippen LogP contribution in [0, 0.1) is 11.8 Å². The smallest absolute Gasteiger partial charge is 0.227 e. The van der Waals surface area contributed by atoms with Gasteiger partial charge in [0, 0.05) is 16.9 Å². The molecule has 3 heteroatoms. The zero-order valence-corrected chi connectivity index (χ0v) is 14.5. The Morgan fingerprint density at radius 1 is 1.24 bits per heavy atom. The molecule has 2 rings (SSSR count). The molecule has 1 aromatic carbocycles. The van der Waals surface area contributed by atoms with Crippen molar-refractivity contribution in [1.29, 1.82) is 0 Å². The molecule has 0 aliphatic heterocycles. The zero-order valence-electron chi connectivity index (χ0n) is 12.9. The summed E-state index contributed by atoms with van der Waals surface area (Å²) < 4.78 is 0. The molecule has 0 aromatic heterocycles. The lowest BCUT2D eigenvalue weighted by Crippen LogP contribution is -2.27. The second-order valence-electron chi connectivity index (χ2n) is 6.14. The van der Waals surface area contributed by atoms with E-state index in [1.54, 1.807) is 0 Å². The Labute approximate surface area is 136 Å².